The van der Waals surface area contributed by atoms with Crippen LogP contribution in [0.15, 0.2) is 54.7 Å². The van der Waals surface area contributed by atoms with Crippen LogP contribution in [0.4, 0.5) is 23.8 Å². The number of halogens is 3. The number of rotatable bonds is 4. The summed E-state index contributed by atoms with van der Waals surface area (Å²) in [6.07, 6.45) is 1.35. The van der Waals surface area contributed by atoms with Crippen LogP contribution < -0.4 is 20.1 Å². The molecule has 2 aliphatic rings. The zero-order valence-corrected chi connectivity index (χ0v) is 15.9. The van der Waals surface area contributed by atoms with Gasteiger partial charge in [0.15, 0.2) is 23.1 Å². The van der Waals surface area contributed by atoms with E-state index >= 15 is 0 Å². The molecule has 1 fully saturated rings. The molecule has 2 aromatic carbocycles. The van der Waals surface area contributed by atoms with Gasteiger partial charge in [-0.2, -0.15) is 0 Å². The normalized spacial score (nSPS) is 20.7. The van der Waals surface area contributed by atoms with Crippen molar-refractivity contribution >= 4 is 11.8 Å². The van der Waals surface area contributed by atoms with E-state index in [-0.39, 0.29) is 47.4 Å². The minimum absolute atomic E-state index is 0.0604. The molecule has 5 rings (SSSR count). The lowest BCUT2D eigenvalue weighted by molar-refractivity contribution is 0.247. The van der Waals surface area contributed by atoms with Crippen LogP contribution >= 0.6 is 0 Å². The van der Waals surface area contributed by atoms with Crippen LogP contribution in [-0.4, -0.2) is 23.7 Å². The first kappa shape index (κ1) is 19.2. The van der Waals surface area contributed by atoms with Gasteiger partial charge in [-0.25, -0.2) is 22.9 Å². The van der Waals surface area contributed by atoms with E-state index in [1.54, 1.807) is 12.1 Å². The average molecular weight is 427 g/mol. The number of amides is 2. The fourth-order valence-electron chi connectivity index (χ4n) is 3.83. The first-order chi connectivity index (χ1) is 15.0. The Morgan fingerprint density at radius 2 is 1.84 bits per heavy atom. The highest BCUT2D eigenvalue weighted by Gasteiger charge is 2.57. The second-order valence-electron chi connectivity index (χ2n) is 7.31. The lowest BCUT2D eigenvalue weighted by Gasteiger charge is -2.16. The number of urea groups is 1. The Balaban J connectivity index is 1.21. The first-order valence-corrected chi connectivity index (χ1v) is 9.58. The number of pyridine rings is 1. The molecule has 3 aromatic rings. The number of aromatic nitrogens is 1. The number of nitrogens with one attached hydrogen (secondary N) is 2. The van der Waals surface area contributed by atoms with Crippen molar-refractivity contribution in [1.29, 1.82) is 0 Å². The Morgan fingerprint density at radius 1 is 1.03 bits per heavy atom. The standard InChI is InChI=1S/C22H16F3N3O3/c23-13-3-1-2-4-16(13)31-11-5-8-17(26-9-11)27-22(29)28-20-12-10-30-21-15(25)7-6-14(24)19(21)18(12)20/h1-9,12,18,20H,10H2,(H2,26,27,28,29)/t12-,18-,20-/m1/s1. The number of para-hydroxylation sites is 1. The largest absolute Gasteiger partial charge is 0.490 e. The number of hydrogen-bond acceptors (Lipinski definition) is 4. The van der Waals surface area contributed by atoms with Crippen molar-refractivity contribution in [3.8, 4) is 17.2 Å². The molecule has 2 amide bonds. The molecule has 2 heterocycles. The molecule has 0 unspecified atom stereocenters. The van der Waals surface area contributed by atoms with Crippen molar-refractivity contribution in [3.63, 3.8) is 0 Å². The Labute approximate surface area is 175 Å². The van der Waals surface area contributed by atoms with E-state index in [2.05, 4.69) is 15.6 Å². The van der Waals surface area contributed by atoms with E-state index in [4.69, 9.17) is 9.47 Å². The number of nitrogens with zero attached hydrogens (tertiary/aromatic N) is 1. The summed E-state index contributed by atoms with van der Waals surface area (Å²) in [5.74, 6) is -1.62. The average Bonchev–Trinajstić information content (AvgIpc) is 3.46. The number of fused-ring (bicyclic) bond motifs is 3. The van der Waals surface area contributed by atoms with Crippen LogP contribution in [0.3, 0.4) is 0 Å². The number of carbonyl (C=O) groups excluding carboxylic acids is 1. The second kappa shape index (κ2) is 7.50. The molecule has 0 bridgehead atoms. The summed E-state index contributed by atoms with van der Waals surface area (Å²) >= 11 is 0. The van der Waals surface area contributed by atoms with Gasteiger partial charge in [0.25, 0.3) is 0 Å². The third-order valence-corrected chi connectivity index (χ3v) is 5.36. The Kier molecular flexibility index (Phi) is 4.65. The fraction of sp³-hybridized carbons (Fsp3) is 0.182. The summed E-state index contributed by atoms with van der Waals surface area (Å²) in [5.41, 5.74) is 0.161. The Morgan fingerprint density at radius 3 is 2.61 bits per heavy atom. The van der Waals surface area contributed by atoms with Gasteiger partial charge in [0, 0.05) is 23.4 Å². The van der Waals surface area contributed by atoms with E-state index in [1.165, 1.54) is 30.5 Å². The molecule has 0 spiro atoms. The van der Waals surface area contributed by atoms with Gasteiger partial charge in [-0.3, -0.25) is 5.32 Å². The summed E-state index contributed by atoms with van der Waals surface area (Å²) in [5, 5.41) is 5.33. The van der Waals surface area contributed by atoms with Gasteiger partial charge in [-0.15, -0.1) is 0 Å². The molecule has 3 atom stereocenters. The highest BCUT2D eigenvalue weighted by molar-refractivity contribution is 5.89. The zero-order valence-electron chi connectivity index (χ0n) is 15.9. The lowest BCUT2D eigenvalue weighted by Crippen LogP contribution is -2.32. The maximum Gasteiger partial charge on any atom is 0.320 e. The highest BCUT2D eigenvalue weighted by atomic mass is 19.1. The van der Waals surface area contributed by atoms with Crippen molar-refractivity contribution in [2.75, 3.05) is 11.9 Å². The number of benzene rings is 2. The van der Waals surface area contributed by atoms with Gasteiger partial charge in [0.05, 0.1) is 12.8 Å². The van der Waals surface area contributed by atoms with Crippen molar-refractivity contribution in [3.05, 3.63) is 77.7 Å². The molecule has 6 nitrogen and oxygen atoms in total. The zero-order chi connectivity index (χ0) is 21.5. The summed E-state index contributed by atoms with van der Waals surface area (Å²) in [6.45, 7) is 0.198. The van der Waals surface area contributed by atoms with Crippen LogP contribution in [-0.2, 0) is 0 Å². The van der Waals surface area contributed by atoms with Crippen LogP contribution in [0.1, 0.15) is 11.5 Å². The number of anilines is 1. The van der Waals surface area contributed by atoms with Gasteiger partial charge in [-0.05, 0) is 36.4 Å². The highest BCUT2D eigenvalue weighted by Crippen LogP contribution is 2.55. The maximum atomic E-state index is 14.2. The fourth-order valence-corrected chi connectivity index (χ4v) is 3.83. The third-order valence-electron chi connectivity index (χ3n) is 5.36. The van der Waals surface area contributed by atoms with Crippen LogP contribution in [0.5, 0.6) is 17.2 Å². The smallest absolute Gasteiger partial charge is 0.320 e. The lowest BCUT2D eigenvalue weighted by atomic mass is 10.0. The molecule has 31 heavy (non-hydrogen) atoms. The predicted molar refractivity (Wildman–Crippen MR) is 105 cm³/mol. The van der Waals surface area contributed by atoms with Crippen LogP contribution in [0, 0.1) is 23.4 Å². The van der Waals surface area contributed by atoms with Gasteiger partial charge in [0.1, 0.15) is 17.4 Å². The molecule has 1 aromatic heterocycles. The monoisotopic (exact) mass is 427 g/mol. The molecule has 1 aliphatic heterocycles. The predicted octanol–water partition coefficient (Wildman–Crippen LogP) is 4.59. The van der Waals surface area contributed by atoms with E-state index in [1.807, 2.05) is 0 Å². The van der Waals surface area contributed by atoms with E-state index < -0.39 is 23.5 Å². The van der Waals surface area contributed by atoms with Crippen molar-refractivity contribution in [2.45, 2.75) is 12.0 Å². The molecule has 0 radical (unpaired) electrons. The number of ether oxygens (including phenoxy) is 2. The quantitative estimate of drug-likeness (QED) is 0.639. The summed E-state index contributed by atoms with van der Waals surface area (Å²) in [4.78, 5) is 16.4. The summed E-state index contributed by atoms with van der Waals surface area (Å²) in [6, 6.07) is 10.2. The molecule has 158 valence electrons. The first-order valence-electron chi connectivity index (χ1n) is 9.58. The van der Waals surface area contributed by atoms with Gasteiger partial charge >= 0.3 is 6.03 Å². The van der Waals surface area contributed by atoms with Gasteiger partial charge in [-0.1, -0.05) is 12.1 Å². The number of hydrogen-bond donors (Lipinski definition) is 2. The van der Waals surface area contributed by atoms with E-state index in [0.717, 1.165) is 12.1 Å². The molecular weight excluding hydrogens is 411 g/mol. The summed E-state index contributed by atoms with van der Waals surface area (Å²) in [7, 11) is 0. The van der Waals surface area contributed by atoms with E-state index in [0.29, 0.717) is 5.75 Å². The second-order valence-corrected chi connectivity index (χ2v) is 7.31. The Hall–Kier alpha value is -3.75. The van der Waals surface area contributed by atoms with Gasteiger partial charge in [0.2, 0.25) is 0 Å². The molecular formula is C22H16F3N3O3. The molecule has 0 saturated heterocycles. The molecule has 9 heteroatoms. The third kappa shape index (κ3) is 3.63. The van der Waals surface area contributed by atoms with E-state index in [9.17, 15) is 18.0 Å². The molecule has 2 N–H and O–H groups in total. The maximum absolute atomic E-state index is 14.2. The minimum atomic E-state index is -0.619. The SMILES string of the molecule is O=C(Nc1ccc(Oc2ccccc2F)cn1)N[C@@H]1[C@@H]2COc3c(F)ccc(F)c3[C@@H]21. The van der Waals surface area contributed by atoms with Crippen molar-refractivity contribution in [1.82, 2.24) is 10.3 Å². The molecule has 1 saturated carbocycles. The molecule has 1 aliphatic carbocycles. The number of carbonyl (C=O) groups is 1. The minimum Gasteiger partial charge on any atom is -0.490 e. The Bertz CT molecular complexity index is 1160. The topological polar surface area (TPSA) is 72.5 Å². The van der Waals surface area contributed by atoms with Gasteiger partial charge < -0.3 is 14.8 Å². The van der Waals surface area contributed by atoms with Crippen LogP contribution in [0.2, 0.25) is 0 Å². The summed E-state index contributed by atoms with van der Waals surface area (Å²) < 4.78 is 52.5. The van der Waals surface area contributed by atoms with Crippen LogP contribution in [0.25, 0.3) is 0 Å². The van der Waals surface area contributed by atoms with Crippen molar-refractivity contribution in [2.24, 2.45) is 5.92 Å². The van der Waals surface area contributed by atoms with Crippen molar-refractivity contribution < 1.29 is 27.4 Å².